The van der Waals surface area contributed by atoms with Crippen LogP contribution in [-0.4, -0.2) is 66.0 Å². The summed E-state index contributed by atoms with van der Waals surface area (Å²) >= 11 is 6.24. The van der Waals surface area contributed by atoms with Gasteiger partial charge in [-0.15, -0.1) is 0 Å². The molecule has 0 radical (unpaired) electrons. The number of carbonyl (C=O) groups excluding carboxylic acids is 2. The molecule has 0 spiro atoms. The Labute approximate surface area is 193 Å². The number of hydrogen-bond donors (Lipinski definition) is 1. The number of rotatable bonds is 5. The lowest BCUT2D eigenvalue weighted by Gasteiger charge is -2.31. The molecule has 2 aromatic carbocycles. The second-order valence-electron chi connectivity index (χ2n) is 8.32. The molecule has 6 nitrogen and oxygen atoms in total. The van der Waals surface area contributed by atoms with Gasteiger partial charge in [-0.25, -0.2) is 0 Å². The first kappa shape index (κ1) is 22.5. The Hall–Kier alpha value is -2.67. The number of aliphatic hydroxyl groups is 1. The number of halogens is 1. The fourth-order valence-corrected chi connectivity index (χ4v) is 4.54. The third kappa shape index (κ3) is 4.44. The van der Waals surface area contributed by atoms with Crippen molar-refractivity contribution < 1.29 is 19.4 Å². The van der Waals surface area contributed by atoms with E-state index in [9.17, 15) is 14.7 Å². The molecular weight excluding hydrogens is 428 g/mol. The molecule has 32 heavy (non-hydrogen) atoms. The summed E-state index contributed by atoms with van der Waals surface area (Å²) in [7, 11) is 0. The molecule has 168 valence electrons. The number of morpholine rings is 1. The normalized spacial score (nSPS) is 21.3. The summed E-state index contributed by atoms with van der Waals surface area (Å²) in [6.07, 6.45) is 0. The Morgan fingerprint density at radius 2 is 1.84 bits per heavy atom. The van der Waals surface area contributed by atoms with Crippen LogP contribution in [0.25, 0.3) is 5.76 Å². The largest absolute Gasteiger partial charge is 0.507 e. The molecule has 2 aromatic rings. The maximum absolute atomic E-state index is 13.2. The van der Waals surface area contributed by atoms with Crippen LogP contribution >= 0.6 is 11.6 Å². The van der Waals surface area contributed by atoms with Crippen molar-refractivity contribution in [2.24, 2.45) is 0 Å². The molecule has 0 aromatic heterocycles. The lowest BCUT2D eigenvalue weighted by atomic mass is 9.93. The first-order valence-corrected chi connectivity index (χ1v) is 11.2. The minimum absolute atomic E-state index is 0.105. The van der Waals surface area contributed by atoms with Gasteiger partial charge in [0.05, 0.1) is 24.8 Å². The van der Waals surface area contributed by atoms with Crippen LogP contribution in [0.1, 0.15) is 28.3 Å². The van der Waals surface area contributed by atoms with Crippen molar-refractivity contribution in [2.75, 3.05) is 39.4 Å². The van der Waals surface area contributed by atoms with Gasteiger partial charge in [-0.05, 0) is 43.2 Å². The smallest absolute Gasteiger partial charge is 0.295 e. The molecule has 2 fully saturated rings. The van der Waals surface area contributed by atoms with E-state index < -0.39 is 17.7 Å². The summed E-state index contributed by atoms with van der Waals surface area (Å²) < 4.78 is 5.40. The lowest BCUT2D eigenvalue weighted by Crippen LogP contribution is -2.42. The van der Waals surface area contributed by atoms with E-state index in [1.54, 1.807) is 23.1 Å². The van der Waals surface area contributed by atoms with Gasteiger partial charge < -0.3 is 14.7 Å². The molecule has 2 aliphatic rings. The molecule has 0 aliphatic carbocycles. The van der Waals surface area contributed by atoms with E-state index in [0.717, 1.165) is 24.2 Å². The number of Topliss-reactive ketones (excluding diaryl/α,β-unsaturated/α-hetero) is 1. The first-order valence-electron chi connectivity index (χ1n) is 10.8. The maximum Gasteiger partial charge on any atom is 0.295 e. The summed E-state index contributed by atoms with van der Waals surface area (Å²) in [5.41, 5.74) is 3.15. The van der Waals surface area contributed by atoms with Crippen LogP contribution in [0.4, 0.5) is 0 Å². The van der Waals surface area contributed by atoms with Gasteiger partial charge >= 0.3 is 0 Å². The van der Waals surface area contributed by atoms with E-state index in [4.69, 9.17) is 16.3 Å². The second kappa shape index (κ2) is 9.45. The second-order valence-corrected chi connectivity index (χ2v) is 8.76. The average molecular weight is 455 g/mol. The monoisotopic (exact) mass is 454 g/mol. The van der Waals surface area contributed by atoms with Gasteiger partial charge in [-0.2, -0.15) is 0 Å². The van der Waals surface area contributed by atoms with Gasteiger partial charge in [-0.1, -0.05) is 41.4 Å². The zero-order valence-corrected chi connectivity index (χ0v) is 19.1. The molecule has 2 heterocycles. The number of carbonyl (C=O) groups is 2. The highest BCUT2D eigenvalue weighted by Crippen LogP contribution is 2.40. The maximum atomic E-state index is 13.2. The highest BCUT2D eigenvalue weighted by Gasteiger charge is 2.46. The number of amides is 1. The molecule has 1 N–H and O–H groups in total. The van der Waals surface area contributed by atoms with E-state index >= 15 is 0 Å². The number of ether oxygens (including phenoxy) is 1. The van der Waals surface area contributed by atoms with Crippen molar-refractivity contribution in [1.82, 2.24) is 9.80 Å². The molecular formula is C25H27ClN2O4. The standard InChI is InChI=1S/C25H27ClN2O4/c1-16-6-7-17(2)20(14-16)23(29)21-22(18-4-3-5-19(26)15-18)28(25(31)24(21)30)9-8-27-10-12-32-13-11-27/h3-7,14-15,22,29H,8-13H2,1-2H3. The minimum Gasteiger partial charge on any atom is -0.507 e. The fourth-order valence-electron chi connectivity index (χ4n) is 4.34. The van der Waals surface area contributed by atoms with E-state index in [0.29, 0.717) is 42.5 Å². The molecule has 0 bridgehead atoms. The predicted octanol–water partition coefficient (Wildman–Crippen LogP) is 3.71. The number of aryl methyl sites for hydroxylation is 2. The zero-order chi connectivity index (χ0) is 22.8. The Morgan fingerprint density at radius 3 is 2.56 bits per heavy atom. The van der Waals surface area contributed by atoms with Crippen LogP contribution in [0.5, 0.6) is 0 Å². The summed E-state index contributed by atoms with van der Waals surface area (Å²) in [6.45, 7) is 7.67. The van der Waals surface area contributed by atoms with Crippen LogP contribution in [0.15, 0.2) is 48.0 Å². The van der Waals surface area contributed by atoms with Crippen molar-refractivity contribution in [3.05, 3.63) is 75.3 Å². The van der Waals surface area contributed by atoms with Crippen LogP contribution in [0.2, 0.25) is 5.02 Å². The number of likely N-dealkylation sites (tertiary alicyclic amines) is 1. The Balaban J connectivity index is 1.78. The van der Waals surface area contributed by atoms with E-state index in [1.165, 1.54) is 0 Å². The molecule has 2 aliphatic heterocycles. The molecule has 2 saturated heterocycles. The topological polar surface area (TPSA) is 70.1 Å². The van der Waals surface area contributed by atoms with Crippen molar-refractivity contribution >= 4 is 29.1 Å². The van der Waals surface area contributed by atoms with Crippen LogP contribution in [0, 0.1) is 13.8 Å². The van der Waals surface area contributed by atoms with E-state index in [2.05, 4.69) is 4.90 Å². The molecule has 7 heteroatoms. The fraction of sp³-hybridized carbons (Fsp3) is 0.360. The summed E-state index contributed by atoms with van der Waals surface area (Å²) in [5.74, 6) is -1.42. The van der Waals surface area contributed by atoms with Gasteiger partial charge in [0.15, 0.2) is 0 Å². The Kier molecular flexibility index (Phi) is 6.65. The number of nitrogens with zero attached hydrogens (tertiary/aromatic N) is 2. The molecule has 1 unspecified atom stereocenters. The average Bonchev–Trinajstić information content (AvgIpc) is 3.04. The first-order chi connectivity index (χ1) is 15.4. The number of ketones is 1. The molecule has 1 atom stereocenters. The van der Waals surface area contributed by atoms with Crippen molar-refractivity contribution in [2.45, 2.75) is 19.9 Å². The van der Waals surface area contributed by atoms with Gasteiger partial charge in [0.1, 0.15) is 5.76 Å². The minimum atomic E-state index is -0.699. The van der Waals surface area contributed by atoms with Crippen LogP contribution in [0.3, 0.4) is 0 Å². The third-order valence-electron chi connectivity index (χ3n) is 6.11. The summed E-state index contributed by atoms with van der Waals surface area (Å²) in [4.78, 5) is 30.0. The Bertz CT molecular complexity index is 1080. The highest BCUT2D eigenvalue weighted by atomic mass is 35.5. The van der Waals surface area contributed by atoms with E-state index in [1.807, 2.05) is 38.1 Å². The quantitative estimate of drug-likeness (QED) is 0.423. The molecule has 4 rings (SSSR count). The lowest BCUT2D eigenvalue weighted by molar-refractivity contribution is -0.140. The van der Waals surface area contributed by atoms with Crippen molar-refractivity contribution in [3.63, 3.8) is 0 Å². The summed E-state index contributed by atoms with van der Waals surface area (Å²) in [6, 6.07) is 12.1. The van der Waals surface area contributed by atoms with Gasteiger partial charge in [0, 0.05) is 36.8 Å². The van der Waals surface area contributed by atoms with Crippen molar-refractivity contribution in [1.29, 1.82) is 0 Å². The molecule has 0 saturated carbocycles. The van der Waals surface area contributed by atoms with Crippen LogP contribution < -0.4 is 0 Å². The van der Waals surface area contributed by atoms with E-state index in [-0.39, 0.29) is 11.3 Å². The zero-order valence-electron chi connectivity index (χ0n) is 18.3. The third-order valence-corrected chi connectivity index (χ3v) is 6.35. The van der Waals surface area contributed by atoms with Gasteiger partial charge in [0.2, 0.25) is 0 Å². The van der Waals surface area contributed by atoms with Gasteiger partial charge in [0.25, 0.3) is 11.7 Å². The highest BCUT2D eigenvalue weighted by molar-refractivity contribution is 6.46. The summed E-state index contributed by atoms with van der Waals surface area (Å²) in [5, 5.41) is 11.8. The molecule has 1 amide bonds. The van der Waals surface area contributed by atoms with Crippen molar-refractivity contribution in [3.8, 4) is 0 Å². The SMILES string of the molecule is Cc1ccc(C)c(C(O)=C2C(=O)C(=O)N(CCN3CCOCC3)C2c2cccc(Cl)c2)c1. The van der Waals surface area contributed by atoms with Crippen LogP contribution in [-0.2, 0) is 14.3 Å². The number of hydrogen-bond acceptors (Lipinski definition) is 5. The van der Waals surface area contributed by atoms with Gasteiger partial charge in [-0.3, -0.25) is 14.5 Å². The Morgan fingerprint density at radius 1 is 1.09 bits per heavy atom. The number of aliphatic hydroxyl groups excluding tert-OH is 1. The predicted molar refractivity (Wildman–Crippen MR) is 124 cm³/mol. The number of benzene rings is 2.